The third kappa shape index (κ3) is 4.72. The monoisotopic (exact) mass is 429 g/mol. The smallest absolute Gasteiger partial charge is 0.313 e. The molecule has 0 atom stereocenters. The molecule has 2 rings (SSSR count). The zero-order valence-electron chi connectivity index (χ0n) is 12.9. The molecule has 2 aromatic rings. The number of benzene rings is 2. The van der Waals surface area contributed by atoms with Crippen LogP contribution >= 0.6 is 39.1 Å². The molecule has 0 aliphatic rings. The van der Waals surface area contributed by atoms with Gasteiger partial charge in [0.1, 0.15) is 0 Å². The number of aromatic hydroxyl groups is 1. The van der Waals surface area contributed by atoms with E-state index in [-0.39, 0.29) is 17.4 Å². The van der Waals surface area contributed by atoms with Crippen LogP contribution < -0.4 is 4.74 Å². The van der Waals surface area contributed by atoms with Crippen LogP contribution in [-0.4, -0.2) is 17.3 Å². The maximum atomic E-state index is 11.8. The number of carbonyl (C=O) groups is 1. The standard InChI is InChI=1S/C17H14BrCl2NO3/c1-9(2)17(23)24-16-10(5-11(18)6-15(16)22)8-21-14-4-3-12(19)7-13(14)20/h3-9,22H,1-2H3. The third-order valence-electron chi connectivity index (χ3n) is 2.99. The highest BCUT2D eigenvalue weighted by Crippen LogP contribution is 2.34. The molecule has 0 spiro atoms. The van der Waals surface area contributed by atoms with Crippen molar-refractivity contribution in [3.63, 3.8) is 0 Å². The summed E-state index contributed by atoms with van der Waals surface area (Å²) in [5.74, 6) is -0.900. The highest BCUT2D eigenvalue weighted by Gasteiger charge is 2.17. The van der Waals surface area contributed by atoms with Crippen molar-refractivity contribution in [3.8, 4) is 11.5 Å². The first-order valence-electron chi connectivity index (χ1n) is 7.01. The first kappa shape index (κ1) is 18.8. The van der Waals surface area contributed by atoms with Gasteiger partial charge in [0.25, 0.3) is 0 Å². The quantitative estimate of drug-likeness (QED) is 0.380. The molecule has 2 aromatic carbocycles. The van der Waals surface area contributed by atoms with Gasteiger partial charge < -0.3 is 9.84 Å². The first-order valence-corrected chi connectivity index (χ1v) is 8.56. The second-order valence-electron chi connectivity index (χ2n) is 5.27. The van der Waals surface area contributed by atoms with Crippen molar-refractivity contribution >= 4 is 57.0 Å². The number of carbonyl (C=O) groups excluding carboxylic acids is 1. The van der Waals surface area contributed by atoms with Crippen molar-refractivity contribution in [3.05, 3.63) is 50.4 Å². The van der Waals surface area contributed by atoms with E-state index in [4.69, 9.17) is 27.9 Å². The van der Waals surface area contributed by atoms with Crippen LogP contribution in [0.1, 0.15) is 19.4 Å². The lowest BCUT2D eigenvalue weighted by Crippen LogP contribution is -2.15. The van der Waals surface area contributed by atoms with E-state index in [1.165, 1.54) is 12.3 Å². The Hall–Kier alpha value is -1.56. The van der Waals surface area contributed by atoms with E-state index < -0.39 is 5.97 Å². The summed E-state index contributed by atoms with van der Waals surface area (Å²) in [7, 11) is 0. The van der Waals surface area contributed by atoms with E-state index in [1.54, 1.807) is 38.1 Å². The highest BCUT2D eigenvalue weighted by atomic mass is 79.9. The Labute approximate surface area is 158 Å². The SMILES string of the molecule is CC(C)C(=O)Oc1c(O)cc(Br)cc1C=Nc1ccc(Cl)cc1Cl. The molecule has 0 aliphatic carbocycles. The van der Waals surface area contributed by atoms with Crippen LogP contribution in [0.25, 0.3) is 0 Å². The summed E-state index contributed by atoms with van der Waals surface area (Å²) in [4.78, 5) is 16.1. The van der Waals surface area contributed by atoms with Crippen LogP contribution in [0, 0.1) is 5.92 Å². The second-order valence-corrected chi connectivity index (χ2v) is 7.03. The number of hydrogen-bond acceptors (Lipinski definition) is 4. The molecule has 0 aromatic heterocycles. The molecule has 0 fully saturated rings. The molecule has 0 aliphatic heterocycles. The van der Waals surface area contributed by atoms with Gasteiger partial charge in [-0.1, -0.05) is 53.0 Å². The van der Waals surface area contributed by atoms with Gasteiger partial charge in [-0.25, -0.2) is 0 Å². The molecule has 0 amide bonds. The fraction of sp³-hybridized carbons (Fsp3) is 0.176. The average molecular weight is 431 g/mol. The first-order chi connectivity index (χ1) is 11.3. The Morgan fingerprint density at radius 3 is 2.62 bits per heavy atom. The van der Waals surface area contributed by atoms with Crippen molar-refractivity contribution in [2.24, 2.45) is 10.9 Å². The lowest BCUT2D eigenvalue weighted by atomic mass is 10.2. The molecular weight excluding hydrogens is 417 g/mol. The molecular formula is C17H14BrCl2NO3. The zero-order valence-corrected chi connectivity index (χ0v) is 16.0. The number of phenolic OH excluding ortho intramolecular Hbond substituents is 1. The minimum absolute atomic E-state index is 0.0470. The summed E-state index contributed by atoms with van der Waals surface area (Å²) in [5, 5.41) is 11.0. The molecule has 126 valence electrons. The Morgan fingerprint density at radius 2 is 2.00 bits per heavy atom. The van der Waals surface area contributed by atoms with E-state index in [1.807, 2.05) is 0 Å². The number of ether oxygens (including phenoxy) is 1. The van der Waals surface area contributed by atoms with Gasteiger partial charge in [-0.15, -0.1) is 0 Å². The largest absolute Gasteiger partial charge is 0.504 e. The highest BCUT2D eigenvalue weighted by molar-refractivity contribution is 9.10. The summed E-state index contributed by atoms with van der Waals surface area (Å²) in [6.07, 6.45) is 1.46. The lowest BCUT2D eigenvalue weighted by Gasteiger charge is -2.11. The molecule has 7 heteroatoms. The topological polar surface area (TPSA) is 58.9 Å². The molecule has 0 saturated carbocycles. The van der Waals surface area contributed by atoms with Gasteiger partial charge in [0.15, 0.2) is 11.5 Å². The van der Waals surface area contributed by atoms with Gasteiger partial charge in [-0.2, -0.15) is 0 Å². The van der Waals surface area contributed by atoms with Gasteiger partial charge in [0, 0.05) is 21.3 Å². The molecule has 0 heterocycles. The maximum Gasteiger partial charge on any atom is 0.313 e. The Kier molecular flexibility index (Phi) is 6.27. The fourth-order valence-electron chi connectivity index (χ4n) is 1.75. The van der Waals surface area contributed by atoms with Crippen LogP contribution in [0.5, 0.6) is 11.5 Å². The number of nitrogens with zero attached hydrogens (tertiary/aromatic N) is 1. The van der Waals surface area contributed by atoms with Gasteiger partial charge in [-0.3, -0.25) is 9.79 Å². The predicted octanol–water partition coefficient (Wildman–Crippen LogP) is 5.77. The molecule has 0 bridgehead atoms. The van der Waals surface area contributed by atoms with Crippen LogP contribution in [0.3, 0.4) is 0 Å². The van der Waals surface area contributed by atoms with Crippen molar-refractivity contribution in [1.29, 1.82) is 0 Å². The van der Waals surface area contributed by atoms with Gasteiger partial charge in [-0.05, 0) is 30.3 Å². The van der Waals surface area contributed by atoms with Gasteiger partial charge >= 0.3 is 5.97 Å². The van der Waals surface area contributed by atoms with Crippen molar-refractivity contribution < 1.29 is 14.6 Å². The van der Waals surface area contributed by atoms with Crippen molar-refractivity contribution in [2.75, 3.05) is 0 Å². The minimum Gasteiger partial charge on any atom is -0.504 e. The van der Waals surface area contributed by atoms with E-state index in [0.717, 1.165) is 0 Å². The second kappa shape index (κ2) is 8.01. The summed E-state index contributed by atoms with van der Waals surface area (Å²) in [5.41, 5.74) is 0.934. The van der Waals surface area contributed by atoms with Crippen LogP contribution in [0.2, 0.25) is 10.0 Å². The molecule has 0 unspecified atom stereocenters. The number of phenols is 1. The van der Waals surface area contributed by atoms with E-state index in [9.17, 15) is 9.90 Å². The molecule has 0 radical (unpaired) electrons. The summed E-state index contributed by atoms with van der Waals surface area (Å²) in [6, 6.07) is 8.02. The van der Waals surface area contributed by atoms with Crippen molar-refractivity contribution in [2.45, 2.75) is 13.8 Å². The molecule has 0 saturated heterocycles. The minimum atomic E-state index is -0.452. The van der Waals surface area contributed by atoms with E-state index >= 15 is 0 Å². The Balaban J connectivity index is 2.41. The molecule has 1 N–H and O–H groups in total. The maximum absolute atomic E-state index is 11.8. The number of esters is 1. The van der Waals surface area contributed by atoms with Crippen LogP contribution in [0.4, 0.5) is 5.69 Å². The van der Waals surface area contributed by atoms with Gasteiger partial charge in [0.05, 0.1) is 16.6 Å². The fourth-order valence-corrected chi connectivity index (χ4v) is 2.67. The molecule has 4 nitrogen and oxygen atoms in total. The third-order valence-corrected chi connectivity index (χ3v) is 3.98. The average Bonchev–Trinajstić information content (AvgIpc) is 2.49. The van der Waals surface area contributed by atoms with E-state index in [0.29, 0.717) is 25.8 Å². The molecule has 24 heavy (non-hydrogen) atoms. The predicted molar refractivity (Wildman–Crippen MR) is 100.0 cm³/mol. The van der Waals surface area contributed by atoms with Crippen LogP contribution in [0.15, 0.2) is 39.8 Å². The normalized spacial score (nSPS) is 11.2. The van der Waals surface area contributed by atoms with E-state index in [2.05, 4.69) is 20.9 Å². The Bertz CT molecular complexity index is 807. The number of hydrogen-bond donors (Lipinski definition) is 1. The number of halogens is 3. The Morgan fingerprint density at radius 1 is 1.29 bits per heavy atom. The van der Waals surface area contributed by atoms with Crippen LogP contribution in [-0.2, 0) is 4.79 Å². The number of aliphatic imine (C=N–C) groups is 1. The number of rotatable bonds is 4. The van der Waals surface area contributed by atoms with Gasteiger partial charge in [0.2, 0.25) is 0 Å². The summed E-state index contributed by atoms with van der Waals surface area (Å²) < 4.78 is 5.89. The summed E-state index contributed by atoms with van der Waals surface area (Å²) >= 11 is 15.2. The zero-order chi connectivity index (χ0) is 17.9. The van der Waals surface area contributed by atoms with Crippen molar-refractivity contribution in [1.82, 2.24) is 0 Å². The lowest BCUT2D eigenvalue weighted by molar-refractivity contribution is -0.137. The summed E-state index contributed by atoms with van der Waals surface area (Å²) in [6.45, 7) is 3.42.